The largest absolute Gasteiger partial charge is 0.268 e. The average molecular weight is 199 g/mol. The van der Waals surface area contributed by atoms with E-state index in [-0.39, 0.29) is 11.8 Å². The van der Waals surface area contributed by atoms with Crippen molar-refractivity contribution in [2.75, 3.05) is 0 Å². The van der Waals surface area contributed by atoms with E-state index in [4.69, 9.17) is 0 Å². The van der Waals surface area contributed by atoms with Crippen LogP contribution in [0.15, 0.2) is 49.2 Å². The van der Waals surface area contributed by atoms with Crippen molar-refractivity contribution < 1.29 is 9.59 Å². The molecule has 0 atom stereocenters. The number of amides is 2. The Kier molecular flexibility index (Phi) is 2.21. The lowest BCUT2D eigenvalue weighted by molar-refractivity contribution is 0.0721. The molecule has 0 bridgehead atoms. The summed E-state index contributed by atoms with van der Waals surface area (Å²) in [6.45, 7) is 3.48. The summed E-state index contributed by atoms with van der Waals surface area (Å²) in [6.07, 6.45) is 4.50. The SMILES string of the molecule is C=C/C=C\N1C(=O)c2ccccc2C1=O. The highest BCUT2D eigenvalue weighted by Crippen LogP contribution is 2.22. The van der Waals surface area contributed by atoms with E-state index in [0.717, 1.165) is 4.90 Å². The zero-order valence-corrected chi connectivity index (χ0v) is 8.01. The van der Waals surface area contributed by atoms with Crippen LogP contribution in [0.1, 0.15) is 20.7 Å². The van der Waals surface area contributed by atoms with Gasteiger partial charge in [0.2, 0.25) is 0 Å². The molecule has 0 aromatic heterocycles. The second kappa shape index (κ2) is 3.53. The first-order valence-electron chi connectivity index (χ1n) is 4.52. The van der Waals surface area contributed by atoms with Gasteiger partial charge in [0.15, 0.2) is 0 Å². The van der Waals surface area contributed by atoms with Gasteiger partial charge in [0.1, 0.15) is 0 Å². The molecule has 0 N–H and O–H groups in total. The van der Waals surface area contributed by atoms with E-state index < -0.39 is 0 Å². The van der Waals surface area contributed by atoms with Crippen molar-refractivity contribution >= 4 is 11.8 Å². The molecule has 1 heterocycles. The van der Waals surface area contributed by atoms with Crippen LogP contribution in [-0.2, 0) is 0 Å². The number of fused-ring (bicyclic) bond motifs is 1. The minimum atomic E-state index is -0.284. The van der Waals surface area contributed by atoms with Crippen molar-refractivity contribution in [1.82, 2.24) is 4.90 Å². The third kappa shape index (κ3) is 1.38. The molecule has 0 radical (unpaired) electrons. The molecule has 0 aliphatic carbocycles. The van der Waals surface area contributed by atoms with Gasteiger partial charge in [-0.3, -0.25) is 9.59 Å². The third-order valence-corrected chi connectivity index (χ3v) is 2.20. The van der Waals surface area contributed by atoms with Crippen LogP contribution in [0.3, 0.4) is 0 Å². The molecule has 1 aromatic rings. The first-order chi connectivity index (χ1) is 7.25. The molecule has 3 nitrogen and oxygen atoms in total. The van der Waals surface area contributed by atoms with Crippen LogP contribution in [0.4, 0.5) is 0 Å². The Bertz CT molecular complexity index is 439. The summed E-state index contributed by atoms with van der Waals surface area (Å²) in [6, 6.07) is 6.78. The highest BCUT2D eigenvalue weighted by molar-refractivity contribution is 6.22. The maximum atomic E-state index is 11.7. The molecule has 1 aliphatic heterocycles. The number of benzene rings is 1. The summed E-state index contributed by atoms with van der Waals surface area (Å²) in [7, 11) is 0. The average Bonchev–Trinajstić information content (AvgIpc) is 2.51. The van der Waals surface area contributed by atoms with Gasteiger partial charge in [-0.2, -0.15) is 0 Å². The van der Waals surface area contributed by atoms with Gasteiger partial charge in [-0.05, 0) is 18.2 Å². The lowest BCUT2D eigenvalue weighted by Crippen LogP contribution is -2.23. The van der Waals surface area contributed by atoms with Crippen molar-refractivity contribution in [2.45, 2.75) is 0 Å². The van der Waals surface area contributed by atoms with Gasteiger partial charge in [-0.1, -0.05) is 24.8 Å². The van der Waals surface area contributed by atoms with Crippen LogP contribution >= 0.6 is 0 Å². The van der Waals surface area contributed by atoms with E-state index in [9.17, 15) is 9.59 Å². The Morgan fingerprint density at radius 2 is 1.60 bits per heavy atom. The van der Waals surface area contributed by atoms with Crippen LogP contribution in [0.25, 0.3) is 0 Å². The number of carbonyl (C=O) groups excluding carboxylic acids is 2. The molecule has 0 saturated heterocycles. The van der Waals surface area contributed by atoms with Crippen molar-refractivity contribution in [3.63, 3.8) is 0 Å². The topological polar surface area (TPSA) is 37.4 Å². The molecule has 3 heteroatoms. The highest BCUT2D eigenvalue weighted by atomic mass is 16.2. The molecule has 15 heavy (non-hydrogen) atoms. The fraction of sp³-hybridized carbons (Fsp3) is 0. The van der Waals surface area contributed by atoms with Crippen LogP contribution in [0.2, 0.25) is 0 Å². The van der Waals surface area contributed by atoms with E-state index in [0.29, 0.717) is 11.1 Å². The quantitative estimate of drug-likeness (QED) is 0.539. The molecule has 0 spiro atoms. The zero-order chi connectivity index (χ0) is 10.8. The van der Waals surface area contributed by atoms with Gasteiger partial charge in [-0.25, -0.2) is 4.90 Å². The molecule has 74 valence electrons. The van der Waals surface area contributed by atoms with Gasteiger partial charge >= 0.3 is 0 Å². The van der Waals surface area contributed by atoms with E-state index in [2.05, 4.69) is 6.58 Å². The summed E-state index contributed by atoms with van der Waals surface area (Å²) in [5.41, 5.74) is 0.910. The molecule has 1 aliphatic rings. The molecule has 0 fully saturated rings. The molecular weight excluding hydrogens is 190 g/mol. The fourth-order valence-electron chi connectivity index (χ4n) is 1.49. The van der Waals surface area contributed by atoms with Crippen LogP contribution in [-0.4, -0.2) is 16.7 Å². The number of carbonyl (C=O) groups is 2. The van der Waals surface area contributed by atoms with Gasteiger partial charge in [0.25, 0.3) is 11.8 Å². The Hall–Kier alpha value is -2.16. The second-order valence-electron chi connectivity index (χ2n) is 3.10. The zero-order valence-electron chi connectivity index (χ0n) is 8.01. The van der Waals surface area contributed by atoms with Crippen molar-refractivity contribution in [1.29, 1.82) is 0 Å². The molecular formula is C12H9NO2. The van der Waals surface area contributed by atoms with Crippen LogP contribution < -0.4 is 0 Å². The lowest BCUT2D eigenvalue weighted by Gasteiger charge is -2.05. The lowest BCUT2D eigenvalue weighted by atomic mass is 10.1. The molecule has 0 saturated carbocycles. The summed E-state index contributed by atoms with van der Waals surface area (Å²) in [5.74, 6) is -0.567. The molecule has 1 aromatic carbocycles. The number of hydrogen-bond acceptors (Lipinski definition) is 2. The van der Waals surface area contributed by atoms with Crippen molar-refractivity contribution in [3.8, 4) is 0 Å². The minimum Gasteiger partial charge on any atom is -0.268 e. The maximum Gasteiger partial charge on any atom is 0.265 e. The fourth-order valence-corrected chi connectivity index (χ4v) is 1.49. The monoisotopic (exact) mass is 199 g/mol. The van der Waals surface area contributed by atoms with E-state index in [1.165, 1.54) is 12.3 Å². The summed E-state index contributed by atoms with van der Waals surface area (Å²) in [5, 5.41) is 0. The number of hydrogen-bond donors (Lipinski definition) is 0. The third-order valence-electron chi connectivity index (χ3n) is 2.20. The number of imide groups is 1. The number of nitrogens with zero attached hydrogens (tertiary/aromatic N) is 1. The summed E-state index contributed by atoms with van der Waals surface area (Å²) < 4.78 is 0. The van der Waals surface area contributed by atoms with Gasteiger partial charge in [0.05, 0.1) is 11.1 Å². The Morgan fingerprint density at radius 3 is 2.07 bits per heavy atom. The maximum absolute atomic E-state index is 11.7. The minimum absolute atomic E-state index is 0.284. The summed E-state index contributed by atoms with van der Waals surface area (Å²) in [4.78, 5) is 24.6. The Balaban J connectivity index is 2.45. The summed E-state index contributed by atoms with van der Waals surface area (Å²) >= 11 is 0. The first kappa shape index (κ1) is 9.40. The second-order valence-corrected chi connectivity index (χ2v) is 3.10. The first-order valence-corrected chi connectivity index (χ1v) is 4.52. The Labute approximate surface area is 87.3 Å². The highest BCUT2D eigenvalue weighted by Gasteiger charge is 2.33. The normalized spacial score (nSPS) is 14.8. The van der Waals surface area contributed by atoms with Crippen molar-refractivity contribution in [3.05, 3.63) is 60.3 Å². The molecule has 2 amide bonds. The Morgan fingerprint density at radius 1 is 1.07 bits per heavy atom. The predicted octanol–water partition coefficient (Wildman–Crippen LogP) is 1.98. The van der Waals surface area contributed by atoms with Crippen LogP contribution in [0.5, 0.6) is 0 Å². The van der Waals surface area contributed by atoms with E-state index in [1.807, 2.05) is 0 Å². The number of rotatable bonds is 2. The van der Waals surface area contributed by atoms with Gasteiger partial charge in [0, 0.05) is 6.20 Å². The smallest absolute Gasteiger partial charge is 0.265 e. The molecule has 0 unspecified atom stereocenters. The number of allylic oxidation sites excluding steroid dienone is 2. The van der Waals surface area contributed by atoms with Gasteiger partial charge < -0.3 is 0 Å². The van der Waals surface area contributed by atoms with E-state index >= 15 is 0 Å². The standard InChI is InChI=1S/C12H9NO2/c1-2-3-8-13-11(14)9-6-4-5-7-10(9)12(13)15/h2-8H,1H2/b8-3-. The van der Waals surface area contributed by atoms with E-state index in [1.54, 1.807) is 30.3 Å². The molecule has 2 rings (SSSR count). The van der Waals surface area contributed by atoms with Crippen LogP contribution in [0, 0.1) is 0 Å². The van der Waals surface area contributed by atoms with Gasteiger partial charge in [-0.15, -0.1) is 0 Å². The van der Waals surface area contributed by atoms with Crippen molar-refractivity contribution in [2.24, 2.45) is 0 Å². The predicted molar refractivity (Wildman–Crippen MR) is 56.3 cm³/mol.